The van der Waals surface area contributed by atoms with E-state index in [1.807, 2.05) is 0 Å². The Morgan fingerprint density at radius 3 is 1.55 bits per heavy atom. The molecule has 0 aliphatic carbocycles. The molecule has 0 atom stereocenters. The van der Waals surface area contributed by atoms with Gasteiger partial charge >= 0.3 is 12.4 Å². The summed E-state index contributed by atoms with van der Waals surface area (Å²) in [6.07, 6.45) is -10.0. The number of aliphatic hydroxyl groups excluding tert-OH is 1. The van der Waals surface area contributed by atoms with Gasteiger partial charge in [-0.2, -0.15) is 26.3 Å². The zero-order valence-electron chi connectivity index (χ0n) is 11.8. The molecule has 22 heavy (non-hydrogen) atoms. The van der Waals surface area contributed by atoms with E-state index in [1.54, 1.807) is 0 Å². The highest BCUT2D eigenvalue weighted by Gasteiger charge is 2.40. The second-order valence-electron chi connectivity index (χ2n) is 4.71. The Morgan fingerprint density at radius 1 is 0.955 bits per heavy atom. The first kappa shape index (κ1) is 18.1. The van der Waals surface area contributed by atoms with E-state index in [0.29, 0.717) is 19.1 Å². The van der Waals surface area contributed by atoms with Gasteiger partial charge in [0.2, 0.25) is 0 Å². The van der Waals surface area contributed by atoms with Crippen LogP contribution in [0.4, 0.5) is 26.3 Å². The lowest BCUT2D eigenvalue weighted by molar-refractivity contribution is -0.144. The number of rotatable bonds is 2. The zero-order chi connectivity index (χ0) is 17.5. The predicted molar refractivity (Wildman–Crippen MR) is 67.1 cm³/mol. The Bertz CT molecular complexity index is 599. The second-order valence-corrected chi connectivity index (χ2v) is 4.71. The van der Waals surface area contributed by atoms with Crippen molar-refractivity contribution in [3.8, 4) is 0 Å². The lowest BCUT2D eigenvalue weighted by Crippen LogP contribution is -2.16. The average Bonchev–Trinajstić information content (AvgIpc) is 2.26. The molecular formula is C14H12F6O2. The molecule has 8 heteroatoms. The summed E-state index contributed by atoms with van der Waals surface area (Å²) < 4.78 is 77.6. The summed E-state index contributed by atoms with van der Waals surface area (Å²) >= 11 is 0. The van der Waals surface area contributed by atoms with Gasteiger partial charge < -0.3 is 5.11 Å². The molecule has 1 aromatic carbocycles. The molecule has 0 saturated carbocycles. The fraction of sp³-hybridized carbons (Fsp3) is 0.357. The highest BCUT2D eigenvalue weighted by molar-refractivity contribution is 6.20. The monoisotopic (exact) mass is 326 g/mol. The lowest BCUT2D eigenvalue weighted by Gasteiger charge is -2.19. The largest absolute Gasteiger partial charge is 0.512 e. The summed E-state index contributed by atoms with van der Waals surface area (Å²) in [5.41, 5.74) is -5.20. The predicted octanol–water partition coefficient (Wildman–Crippen LogP) is 4.91. The van der Waals surface area contributed by atoms with Gasteiger partial charge in [0, 0.05) is 0 Å². The van der Waals surface area contributed by atoms with Gasteiger partial charge in [0.15, 0.2) is 5.78 Å². The molecular weight excluding hydrogens is 314 g/mol. The molecule has 0 radical (unpaired) electrons. The number of hydrogen-bond acceptors (Lipinski definition) is 2. The number of alkyl halides is 6. The first-order chi connectivity index (χ1) is 9.76. The average molecular weight is 326 g/mol. The van der Waals surface area contributed by atoms with Crippen molar-refractivity contribution in [2.45, 2.75) is 33.1 Å². The van der Waals surface area contributed by atoms with E-state index < -0.39 is 51.7 Å². The summed E-state index contributed by atoms with van der Waals surface area (Å²) in [5.74, 6) is -1.50. The van der Waals surface area contributed by atoms with E-state index in [1.165, 1.54) is 0 Å². The van der Waals surface area contributed by atoms with Crippen molar-refractivity contribution < 1.29 is 36.2 Å². The molecule has 0 heterocycles. The van der Waals surface area contributed by atoms with Crippen LogP contribution in [0.25, 0.3) is 5.57 Å². The maximum Gasteiger partial charge on any atom is 0.416 e. The second kappa shape index (κ2) is 5.66. The minimum absolute atomic E-state index is 0.432. The van der Waals surface area contributed by atoms with Crippen LogP contribution in [0.1, 0.15) is 36.1 Å². The first-order valence-electron chi connectivity index (χ1n) is 5.97. The van der Waals surface area contributed by atoms with Crippen molar-refractivity contribution in [1.82, 2.24) is 0 Å². The molecule has 0 saturated heterocycles. The third kappa shape index (κ3) is 3.61. The molecule has 0 fully saturated rings. The Kier molecular flexibility index (Phi) is 4.65. The van der Waals surface area contributed by atoms with Gasteiger partial charge in [-0.1, -0.05) is 0 Å². The summed E-state index contributed by atoms with van der Waals surface area (Å²) in [5, 5.41) is 9.39. The number of hydrogen-bond donors (Lipinski definition) is 1. The molecule has 0 unspecified atom stereocenters. The molecule has 1 rings (SSSR count). The van der Waals surface area contributed by atoms with Gasteiger partial charge in [-0.05, 0) is 44.0 Å². The van der Waals surface area contributed by atoms with Gasteiger partial charge in [-0.3, -0.25) is 4.79 Å². The number of benzene rings is 1. The zero-order valence-corrected chi connectivity index (χ0v) is 11.8. The highest BCUT2D eigenvalue weighted by Crippen LogP contribution is 2.41. The quantitative estimate of drug-likeness (QED) is 0.476. The van der Waals surface area contributed by atoms with Crippen LogP contribution in [0.2, 0.25) is 0 Å². The van der Waals surface area contributed by atoms with Gasteiger partial charge in [-0.15, -0.1) is 0 Å². The summed E-state index contributed by atoms with van der Waals surface area (Å²) in [6.45, 7) is 2.66. The maximum absolute atomic E-state index is 12.9. The van der Waals surface area contributed by atoms with E-state index in [2.05, 4.69) is 0 Å². The molecule has 0 spiro atoms. The van der Waals surface area contributed by atoms with Crippen molar-refractivity contribution in [2.24, 2.45) is 0 Å². The van der Waals surface area contributed by atoms with Crippen LogP contribution in [0.15, 0.2) is 17.9 Å². The highest BCUT2D eigenvalue weighted by atomic mass is 19.4. The minimum Gasteiger partial charge on any atom is -0.512 e. The Balaban J connectivity index is 3.84. The standard InChI is InChI=1S/C14H12F6O2/c1-6-10(13(15,16)17)4-9(5-11(6)14(18,19)20)12(7(2)21)8(3)22/h4-5,21H,1-3H3/b12-7+. The molecule has 0 aromatic heterocycles. The van der Waals surface area contributed by atoms with Crippen LogP contribution in [-0.4, -0.2) is 10.9 Å². The van der Waals surface area contributed by atoms with Crippen molar-refractivity contribution in [3.63, 3.8) is 0 Å². The fourth-order valence-electron chi connectivity index (χ4n) is 2.11. The molecule has 1 aromatic rings. The summed E-state index contributed by atoms with van der Waals surface area (Å²) in [4.78, 5) is 11.4. The summed E-state index contributed by atoms with van der Waals surface area (Å²) in [6, 6.07) is 0.863. The lowest BCUT2D eigenvalue weighted by atomic mass is 9.92. The SMILES string of the molecule is CC(=O)/C(=C(/C)O)c1cc(C(F)(F)F)c(C)c(C(F)(F)F)c1. The topological polar surface area (TPSA) is 37.3 Å². The summed E-state index contributed by atoms with van der Waals surface area (Å²) in [7, 11) is 0. The maximum atomic E-state index is 12.9. The first-order valence-corrected chi connectivity index (χ1v) is 5.97. The molecule has 122 valence electrons. The van der Waals surface area contributed by atoms with E-state index in [9.17, 15) is 36.2 Å². The molecule has 0 amide bonds. The molecule has 2 nitrogen and oxygen atoms in total. The van der Waals surface area contributed by atoms with Crippen LogP contribution >= 0.6 is 0 Å². The minimum atomic E-state index is -5.02. The van der Waals surface area contributed by atoms with E-state index in [-0.39, 0.29) is 0 Å². The van der Waals surface area contributed by atoms with Gasteiger partial charge in [0.05, 0.1) is 16.7 Å². The van der Waals surface area contributed by atoms with Crippen molar-refractivity contribution in [2.75, 3.05) is 0 Å². The molecule has 0 aliphatic rings. The van der Waals surface area contributed by atoms with Crippen LogP contribution in [0, 0.1) is 6.92 Å². The van der Waals surface area contributed by atoms with Crippen LogP contribution in [0.3, 0.4) is 0 Å². The molecule has 1 N–H and O–H groups in total. The van der Waals surface area contributed by atoms with Crippen LogP contribution < -0.4 is 0 Å². The fourth-order valence-corrected chi connectivity index (χ4v) is 2.11. The van der Waals surface area contributed by atoms with E-state index in [4.69, 9.17) is 0 Å². The smallest absolute Gasteiger partial charge is 0.416 e. The number of halogens is 6. The molecule has 0 aliphatic heterocycles. The Hall–Kier alpha value is -1.99. The van der Waals surface area contributed by atoms with Crippen molar-refractivity contribution >= 4 is 11.4 Å². The normalized spacial score (nSPS) is 13.9. The number of carbonyl (C=O) groups is 1. The van der Waals surface area contributed by atoms with Crippen molar-refractivity contribution in [3.05, 3.63) is 40.1 Å². The number of ketones is 1. The van der Waals surface area contributed by atoms with Crippen LogP contribution in [-0.2, 0) is 17.1 Å². The van der Waals surface area contributed by atoms with Gasteiger partial charge in [0.25, 0.3) is 0 Å². The van der Waals surface area contributed by atoms with E-state index >= 15 is 0 Å². The Labute approximate surface area is 122 Å². The third-order valence-corrected chi connectivity index (χ3v) is 3.02. The number of Topliss-reactive ketones (excluding diaryl/α,β-unsaturated/α-hetero) is 1. The third-order valence-electron chi connectivity index (χ3n) is 3.02. The Morgan fingerprint density at radius 2 is 1.32 bits per heavy atom. The van der Waals surface area contributed by atoms with Gasteiger partial charge in [0.1, 0.15) is 5.76 Å². The number of allylic oxidation sites excluding steroid dienone is 2. The van der Waals surface area contributed by atoms with E-state index in [0.717, 1.165) is 13.8 Å². The van der Waals surface area contributed by atoms with Crippen molar-refractivity contribution in [1.29, 1.82) is 0 Å². The van der Waals surface area contributed by atoms with Gasteiger partial charge in [-0.25, -0.2) is 0 Å². The number of aliphatic hydroxyl groups is 1. The number of carbonyl (C=O) groups excluding carboxylic acids is 1. The van der Waals surface area contributed by atoms with Crippen LogP contribution in [0.5, 0.6) is 0 Å². The molecule has 0 bridgehead atoms.